The van der Waals surface area contributed by atoms with Gasteiger partial charge in [-0.25, -0.2) is 9.48 Å². The monoisotopic (exact) mass is 403 g/mol. The summed E-state index contributed by atoms with van der Waals surface area (Å²) in [6.45, 7) is 3.23. The number of carbonyl (C=O) groups excluding carboxylic acids is 3. The first-order chi connectivity index (χ1) is 13.8. The molecule has 0 radical (unpaired) electrons. The van der Waals surface area contributed by atoms with Gasteiger partial charge in [0.25, 0.3) is 5.91 Å². The molecule has 0 saturated heterocycles. The number of ether oxygens (including phenoxy) is 2. The van der Waals surface area contributed by atoms with E-state index in [4.69, 9.17) is 0 Å². The minimum absolute atomic E-state index is 0.273. The van der Waals surface area contributed by atoms with E-state index in [0.29, 0.717) is 12.0 Å². The fourth-order valence-corrected chi connectivity index (χ4v) is 2.93. The Kier molecular flexibility index (Phi) is 7.49. The minimum Gasteiger partial charge on any atom is -0.469 e. The number of aliphatic hydroxyl groups excluding tert-OH is 1. The zero-order valence-electron chi connectivity index (χ0n) is 16.9. The Morgan fingerprint density at radius 3 is 2.34 bits per heavy atom. The lowest BCUT2D eigenvalue weighted by atomic mass is 10.1. The molecule has 9 nitrogen and oxygen atoms in total. The SMILES string of the molecule is COC(=O)CCc1c(C)nn(-c2ccc(C(=O)N[C@H](CO)C(=O)OC)cc2)c1C. The Balaban J connectivity index is 2.17. The maximum absolute atomic E-state index is 12.3. The van der Waals surface area contributed by atoms with Gasteiger partial charge in [0.1, 0.15) is 0 Å². The van der Waals surface area contributed by atoms with Crippen molar-refractivity contribution in [3.8, 4) is 5.69 Å². The van der Waals surface area contributed by atoms with Crippen LogP contribution in [0.15, 0.2) is 24.3 Å². The van der Waals surface area contributed by atoms with Gasteiger partial charge in [0.15, 0.2) is 6.04 Å². The number of hydrogen-bond donors (Lipinski definition) is 2. The predicted molar refractivity (Wildman–Crippen MR) is 104 cm³/mol. The summed E-state index contributed by atoms with van der Waals surface area (Å²) in [5.74, 6) is -1.51. The molecule has 2 aromatic rings. The van der Waals surface area contributed by atoms with E-state index in [1.54, 1.807) is 28.9 Å². The molecule has 29 heavy (non-hydrogen) atoms. The Bertz CT molecular complexity index is 888. The fraction of sp³-hybridized carbons (Fsp3) is 0.400. The molecule has 1 heterocycles. The molecule has 0 spiro atoms. The number of nitrogens with zero attached hydrogens (tertiary/aromatic N) is 2. The van der Waals surface area contributed by atoms with Crippen molar-refractivity contribution in [2.24, 2.45) is 0 Å². The third-order valence-electron chi connectivity index (χ3n) is 4.60. The van der Waals surface area contributed by atoms with Gasteiger partial charge in [-0.2, -0.15) is 5.10 Å². The molecule has 2 rings (SSSR count). The third-order valence-corrected chi connectivity index (χ3v) is 4.60. The van der Waals surface area contributed by atoms with Crippen LogP contribution in [0.4, 0.5) is 0 Å². The molecular weight excluding hydrogens is 378 g/mol. The number of carbonyl (C=O) groups is 3. The van der Waals surface area contributed by atoms with Crippen molar-refractivity contribution in [3.05, 3.63) is 46.8 Å². The number of esters is 2. The van der Waals surface area contributed by atoms with Crippen LogP contribution in [0.2, 0.25) is 0 Å². The number of benzene rings is 1. The molecule has 1 atom stereocenters. The molecule has 0 fully saturated rings. The van der Waals surface area contributed by atoms with Crippen molar-refractivity contribution >= 4 is 17.8 Å². The van der Waals surface area contributed by atoms with Crippen molar-refractivity contribution < 1.29 is 29.0 Å². The number of methoxy groups -OCH3 is 2. The summed E-state index contributed by atoms with van der Waals surface area (Å²) in [6, 6.07) is 5.53. The van der Waals surface area contributed by atoms with Crippen LogP contribution < -0.4 is 5.32 Å². The van der Waals surface area contributed by atoms with E-state index < -0.39 is 24.5 Å². The molecular formula is C20H25N3O6. The molecule has 0 aliphatic rings. The van der Waals surface area contributed by atoms with Gasteiger partial charge in [0, 0.05) is 17.7 Å². The number of aromatic nitrogens is 2. The highest BCUT2D eigenvalue weighted by molar-refractivity contribution is 5.96. The Morgan fingerprint density at radius 2 is 1.79 bits per heavy atom. The first kappa shape index (κ1) is 22.1. The van der Waals surface area contributed by atoms with Crippen LogP contribution in [0.3, 0.4) is 0 Å². The van der Waals surface area contributed by atoms with Gasteiger partial charge in [-0.15, -0.1) is 0 Å². The maximum atomic E-state index is 12.3. The summed E-state index contributed by atoms with van der Waals surface area (Å²) in [6.07, 6.45) is 0.802. The van der Waals surface area contributed by atoms with Gasteiger partial charge >= 0.3 is 11.9 Å². The van der Waals surface area contributed by atoms with Crippen molar-refractivity contribution in [1.29, 1.82) is 0 Å². The first-order valence-electron chi connectivity index (χ1n) is 9.04. The van der Waals surface area contributed by atoms with Crippen molar-refractivity contribution in [3.63, 3.8) is 0 Å². The largest absolute Gasteiger partial charge is 0.469 e. The molecule has 1 aromatic heterocycles. The molecule has 9 heteroatoms. The average Bonchev–Trinajstić information content (AvgIpc) is 3.02. The summed E-state index contributed by atoms with van der Waals surface area (Å²) in [4.78, 5) is 35.2. The normalized spacial score (nSPS) is 11.6. The number of rotatable bonds is 8. The molecule has 2 N–H and O–H groups in total. The Labute approximate surface area is 168 Å². The lowest BCUT2D eigenvalue weighted by Crippen LogP contribution is -2.44. The standard InChI is InChI=1S/C20H25N3O6/c1-12-16(9-10-18(25)28-3)13(2)23(22-12)15-7-5-14(6-8-15)19(26)21-17(11-24)20(27)29-4/h5-8,17,24H,9-11H2,1-4H3,(H,21,26)/t17-/m1/s1. The summed E-state index contributed by atoms with van der Waals surface area (Å²) in [5.41, 5.74) is 3.76. The van der Waals surface area contributed by atoms with E-state index in [1.807, 2.05) is 13.8 Å². The number of aliphatic hydroxyl groups is 1. The van der Waals surface area contributed by atoms with Crippen LogP contribution in [-0.2, 0) is 25.5 Å². The van der Waals surface area contributed by atoms with E-state index in [-0.39, 0.29) is 12.4 Å². The summed E-state index contributed by atoms with van der Waals surface area (Å²) >= 11 is 0. The van der Waals surface area contributed by atoms with Crippen LogP contribution in [0.25, 0.3) is 5.69 Å². The molecule has 156 valence electrons. The minimum atomic E-state index is -1.12. The van der Waals surface area contributed by atoms with E-state index in [0.717, 1.165) is 22.6 Å². The van der Waals surface area contributed by atoms with Gasteiger partial charge in [-0.3, -0.25) is 9.59 Å². The van der Waals surface area contributed by atoms with Crippen LogP contribution in [-0.4, -0.2) is 59.6 Å². The van der Waals surface area contributed by atoms with Crippen LogP contribution in [0.1, 0.15) is 33.7 Å². The lowest BCUT2D eigenvalue weighted by molar-refractivity contribution is -0.144. The lowest BCUT2D eigenvalue weighted by Gasteiger charge is -2.14. The molecule has 1 amide bonds. The quantitative estimate of drug-likeness (QED) is 0.627. The molecule has 0 aliphatic carbocycles. The first-order valence-corrected chi connectivity index (χ1v) is 9.04. The zero-order chi connectivity index (χ0) is 21.6. The average molecular weight is 403 g/mol. The van der Waals surface area contributed by atoms with E-state index >= 15 is 0 Å². The Hall–Kier alpha value is -3.20. The van der Waals surface area contributed by atoms with Crippen molar-refractivity contribution in [2.45, 2.75) is 32.7 Å². The fourth-order valence-electron chi connectivity index (χ4n) is 2.93. The van der Waals surface area contributed by atoms with Gasteiger partial charge in [-0.05, 0) is 50.1 Å². The van der Waals surface area contributed by atoms with E-state index in [1.165, 1.54) is 14.2 Å². The summed E-state index contributed by atoms with van der Waals surface area (Å²) in [5, 5.41) is 16.2. The second-order valence-corrected chi connectivity index (χ2v) is 6.42. The van der Waals surface area contributed by atoms with Crippen LogP contribution in [0.5, 0.6) is 0 Å². The van der Waals surface area contributed by atoms with Crippen LogP contribution >= 0.6 is 0 Å². The van der Waals surface area contributed by atoms with E-state index in [2.05, 4.69) is 19.9 Å². The second kappa shape index (κ2) is 9.83. The number of nitrogens with one attached hydrogen (secondary N) is 1. The topological polar surface area (TPSA) is 120 Å². The van der Waals surface area contributed by atoms with Crippen molar-refractivity contribution in [2.75, 3.05) is 20.8 Å². The van der Waals surface area contributed by atoms with Crippen molar-refractivity contribution in [1.82, 2.24) is 15.1 Å². The number of hydrogen-bond acceptors (Lipinski definition) is 7. The summed E-state index contributed by atoms with van der Waals surface area (Å²) < 4.78 is 11.0. The maximum Gasteiger partial charge on any atom is 0.330 e. The highest BCUT2D eigenvalue weighted by Gasteiger charge is 2.21. The van der Waals surface area contributed by atoms with Gasteiger partial charge in [0.2, 0.25) is 0 Å². The third kappa shape index (κ3) is 5.20. The smallest absolute Gasteiger partial charge is 0.330 e. The number of aryl methyl sites for hydroxylation is 1. The van der Waals surface area contributed by atoms with Gasteiger partial charge in [0.05, 0.1) is 32.2 Å². The number of amides is 1. The molecule has 0 bridgehead atoms. The summed E-state index contributed by atoms with van der Waals surface area (Å²) in [7, 11) is 2.54. The molecule has 0 aliphatic heterocycles. The second-order valence-electron chi connectivity index (χ2n) is 6.42. The zero-order valence-corrected chi connectivity index (χ0v) is 16.9. The predicted octanol–water partition coefficient (Wildman–Crippen LogP) is 0.858. The van der Waals surface area contributed by atoms with Gasteiger partial charge < -0.3 is 19.9 Å². The highest BCUT2D eigenvalue weighted by Crippen LogP contribution is 2.20. The van der Waals surface area contributed by atoms with Crippen LogP contribution in [0, 0.1) is 13.8 Å². The Morgan fingerprint density at radius 1 is 1.14 bits per heavy atom. The van der Waals surface area contributed by atoms with E-state index in [9.17, 15) is 19.5 Å². The molecule has 1 aromatic carbocycles. The highest BCUT2D eigenvalue weighted by atomic mass is 16.5. The molecule has 0 unspecified atom stereocenters. The molecule has 0 saturated carbocycles. The van der Waals surface area contributed by atoms with Gasteiger partial charge in [-0.1, -0.05) is 0 Å².